The molecule has 1 aliphatic carbocycles. The highest BCUT2D eigenvalue weighted by molar-refractivity contribution is 6.05. The van der Waals surface area contributed by atoms with Gasteiger partial charge in [0.25, 0.3) is 5.91 Å². The summed E-state index contributed by atoms with van der Waals surface area (Å²) < 4.78 is 0. The van der Waals surface area contributed by atoms with E-state index >= 15 is 0 Å². The van der Waals surface area contributed by atoms with Crippen molar-refractivity contribution >= 4 is 11.6 Å². The van der Waals surface area contributed by atoms with Crippen LogP contribution in [0.25, 0.3) is 11.4 Å². The topological polar surface area (TPSA) is 110 Å². The van der Waals surface area contributed by atoms with Crippen molar-refractivity contribution < 1.29 is 4.79 Å². The van der Waals surface area contributed by atoms with Crippen LogP contribution in [0.1, 0.15) is 40.5 Å². The average molecular weight is 334 g/mol. The third-order valence-corrected chi connectivity index (χ3v) is 4.21. The maximum absolute atomic E-state index is 12.7. The minimum absolute atomic E-state index is 0.160. The number of carbonyl (C=O) groups excluding carboxylic acids is 1. The third kappa shape index (κ3) is 3.27. The lowest BCUT2D eigenvalue weighted by atomic mass is 10.1. The average Bonchev–Trinajstić information content (AvgIpc) is 3.35. The zero-order valence-electron chi connectivity index (χ0n) is 13.6. The van der Waals surface area contributed by atoms with E-state index in [2.05, 4.69) is 25.5 Å². The number of aromatic amines is 1. The lowest BCUT2D eigenvalue weighted by molar-refractivity contribution is 0.102. The first-order valence-corrected chi connectivity index (χ1v) is 8.21. The Balaban J connectivity index is 1.59. The fourth-order valence-corrected chi connectivity index (χ4v) is 2.78. The molecule has 0 aliphatic heterocycles. The molecule has 126 valence electrons. The molecule has 25 heavy (non-hydrogen) atoms. The van der Waals surface area contributed by atoms with Gasteiger partial charge in [-0.15, -0.1) is 0 Å². The van der Waals surface area contributed by atoms with Gasteiger partial charge in [-0.05, 0) is 37.1 Å². The zero-order valence-corrected chi connectivity index (χ0v) is 13.6. The van der Waals surface area contributed by atoms with E-state index in [1.54, 1.807) is 0 Å². The predicted octanol–water partition coefficient (Wildman–Crippen LogP) is 2.46. The molecule has 7 heteroatoms. The molecule has 0 radical (unpaired) electrons. The largest absolute Gasteiger partial charge is 0.325 e. The van der Waals surface area contributed by atoms with Crippen LogP contribution in [0.4, 0.5) is 5.69 Å². The second-order valence-electron chi connectivity index (χ2n) is 6.08. The number of hydrogen-bond acceptors (Lipinski definition) is 5. The van der Waals surface area contributed by atoms with E-state index < -0.39 is 0 Å². The fraction of sp³-hybridized carbons (Fsp3) is 0.222. The van der Waals surface area contributed by atoms with E-state index in [9.17, 15) is 4.79 Å². The van der Waals surface area contributed by atoms with Gasteiger partial charge in [0.15, 0.2) is 5.82 Å². The van der Waals surface area contributed by atoms with Crippen LogP contribution in [-0.4, -0.2) is 26.1 Å². The van der Waals surface area contributed by atoms with Crippen molar-refractivity contribution in [1.82, 2.24) is 20.2 Å². The van der Waals surface area contributed by atoms with Crippen molar-refractivity contribution in [3.05, 3.63) is 59.7 Å². The standard InChI is InChI=1S/C18H18N6O/c19-9-14-6-7-15(16(22-14)11-4-5-11)18(25)23-13-3-1-2-12(8-13)17-20-10-21-24-17/h1-3,6-8,10-11H,4-5,9,19H2,(H,23,25)(H,20,21,24). The van der Waals surface area contributed by atoms with E-state index in [1.165, 1.54) is 6.33 Å². The van der Waals surface area contributed by atoms with Gasteiger partial charge in [0.2, 0.25) is 0 Å². The highest BCUT2D eigenvalue weighted by atomic mass is 16.1. The highest BCUT2D eigenvalue weighted by Crippen LogP contribution is 2.40. The van der Waals surface area contributed by atoms with Gasteiger partial charge in [0.05, 0.1) is 17.0 Å². The smallest absolute Gasteiger partial charge is 0.257 e. The van der Waals surface area contributed by atoms with Crippen LogP contribution >= 0.6 is 0 Å². The van der Waals surface area contributed by atoms with E-state index in [4.69, 9.17) is 5.73 Å². The summed E-state index contributed by atoms with van der Waals surface area (Å²) in [4.78, 5) is 21.4. The monoisotopic (exact) mass is 334 g/mol. The van der Waals surface area contributed by atoms with E-state index in [1.807, 2.05) is 36.4 Å². The third-order valence-electron chi connectivity index (χ3n) is 4.21. The molecule has 1 aromatic carbocycles. The molecule has 3 aromatic rings. The molecule has 1 saturated carbocycles. The van der Waals surface area contributed by atoms with Gasteiger partial charge in [-0.3, -0.25) is 14.9 Å². The number of amides is 1. The summed E-state index contributed by atoms with van der Waals surface area (Å²) >= 11 is 0. The van der Waals surface area contributed by atoms with Gasteiger partial charge in [0, 0.05) is 23.7 Å². The summed E-state index contributed by atoms with van der Waals surface area (Å²) in [5, 5.41) is 9.61. The Bertz CT molecular complexity index is 902. The summed E-state index contributed by atoms with van der Waals surface area (Å²) in [6, 6.07) is 11.1. The molecule has 0 unspecified atom stereocenters. The Morgan fingerprint density at radius 3 is 2.88 bits per heavy atom. The van der Waals surface area contributed by atoms with Gasteiger partial charge >= 0.3 is 0 Å². The number of rotatable bonds is 5. The van der Waals surface area contributed by atoms with Crippen molar-refractivity contribution in [2.45, 2.75) is 25.3 Å². The van der Waals surface area contributed by atoms with Crippen molar-refractivity contribution in [2.24, 2.45) is 5.73 Å². The summed E-state index contributed by atoms with van der Waals surface area (Å²) in [5.74, 6) is 0.865. The van der Waals surface area contributed by atoms with E-state index in [0.717, 1.165) is 29.8 Å². The van der Waals surface area contributed by atoms with Gasteiger partial charge in [-0.25, -0.2) is 4.98 Å². The molecule has 0 spiro atoms. The molecular formula is C18H18N6O. The molecule has 4 rings (SSSR count). The lowest BCUT2D eigenvalue weighted by Crippen LogP contribution is -2.16. The normalized spacial score (nSPS) is 13.6. The first-order chi connectivity index (χ1) is 12.2. The van der Waals surface area contributed by atoms with Crippen LogP contribution in [-0.2, 0) is 6.54 Å². The number of H-pyrrole nitrogens is 1. The summed E-state index contributed by atoms with van der Waals surface area (Å²) in [6.07, 6.45) is 3.59. The SMILES string of the molecule is NCc1ccc(C(=O)Nc2cccc(-c3ncn[nH]3)c2)c(C2CC2)n1. The maximum atomic E-state index is 12.7. The summed E-state index contributed by atoms with van der Waals surface area (Å²) in [6.45, 7) is 0.376. The Labute approximate surface area is 144 Å². The molecule has 1 amide bonds. The molecule has 0 saturated heterocycles. The Morgan fingerprint density at radius 1 is 1.28 bits per heavy atom. The predicted molar refractivity (Wildman–Crippen MR) is 93.9 cm³/mol. The minimum atomic E-state index is -0.160. The van der Waals surface area contributed by atoms with Crippen LogP contribution in [0.2, 0.25) is 0 Å². The Morgan fingerprint density at radius 2 is 2.16 bits per heavy atom. The second kappa shape index (κ2) is 6.45. The first kappa shape index (κ1) is 15.5. The molecular weight excluding hydrogens is 316 g/mol. The number of aromatic nitrogens is 4. The van der Waals surface area contributed by atoms with Crippen LogP contribution in [0.5, 0.6) is 0 Å². The van der Waals surface area contributed by atoms with Gasteiger partial charge in [0.1, 0.15) is 6.33 Å². The molecule has 2 aromatic heterocycles. The summed E-state index contributed by atoms with van der Waals surface area (Å²) in [7, 11) is 0. The number of hydrogen-bond donors (Lipinski definition) is 3. The Hall–Kier alpha value is -3.06. The number of pyridine rings is 1. The zero-order chi connectivity index (χ0) is 17.2. The van der Waals surface area contributed by atoms with Crippen molar-refractivity contribution in [2.75, 3.05) is 5.32 Å². The highest BCUT2D eigenvalue weighted by Gasteiger charge is 2.30. The van der Waals surface area contributed by atoms with Crippen LogP contribution < -0.4 is 11.1 Å². The Kier molecular flexibility index (Phi) is 3.99. The first-order valence-electron chi connectivity index (χ1n) is 8.21. The van der Waals surface area contributed by atoms with Crippen molar-refractivity contribution in [3.8, 4) is 11.4 Å². The second-order valence-corrected chi connectivity index (χ2v) is 6.08. The molecule has 0 atom stereocenters. The van der Waals surface area contributed by atoms with E-state index in [0.29, 0.717) is 29.5 Å². The number of nitrogens with one attached hydrogen (secondary N) is 2. The fourth-order valence-electron chi connectivity index (χ4n) is 2.78. The van der Waals surface area contributed by atoms with E-state index in [-0.39, 0.29) is 5.91 Å². The molecule has 2 heterocycles. The number of anilines is 1. The molecule has 1 aliphatic rings. The number of carbonyl (C=O) groups is 1. The molecule has 1 fully saturated rings. The maximum Gasteiger partial charge on any atom is 0.257 e. The lowest BCUT2D eigenvalue weighted by Gasteiger charge is -2.11. The van der Waals surface area contributed by atoms with Crippen molar-refractivity contribution in [1.29, 1.82) is 0 Å². The van der Waals surface area contributed by atoms with Crippen LogP contribution in [0.15, 0.2) is 42.7 Å². The van der Waals surface area contributed by atoms with Gasteiger partial charge < -0.3 is 11.1 Å². The van der Waals surface area contributed by atoms with Crippen LogP contribution in [0.3, 0.4) is 0 Å². The molecule has 7 nitrogen and oxygen atoms in total. The number of benzene rings is 1. The molecule has 0 bridgehead atoms. The van der Waals surface area contributed by atoms with Crippen LogP contribution in [0, 0.1) is 0 Å². The minimum Gasteiger partial charge on any atom is -0.325 e. The quantitative estimate of drug-likeness (QED) is 0.664. The van der Waals surface area contributed by atoms with Gasteiger partial charge in [-0.1, -0.05) is 12.1 Å². The molecule has 4 N–H and O–H groups in total. The van der Waals surface area contributed by atoms with Gasteiger partial charge in [-0.2, -0.15) is 5.10 Å². The number of nitrogens with zero attached hydrogens (tertiary/aromatic N) is 3. The number of nitrogens with two attached hydrogens (primary N) is 1. The summed E-state index contributed by atoms with van der Waals surface area (Å²) in [5.41, 5.74) is 9.51. The van der Waals surface area contributed by atoms with Crippen molar-refractivity contribution in [3.63, 3.8) is 0 Å².